The van der Waals surface area contributed by atoms with E-state index in [0.29, 0.717) is 29.0 Å². The van der Waals surface area contributed by atoms with Gasteiger partial charge in [-0.05, 0) is 0 Å². The topological polar surface area (TPSA) is 44.9 Å². The van der Waals surface area contributed by atoms with Gasteiger partial charge < -0.3 is 10.6 Å². The second kappa shape index (κ2) is 4.53. The van der Waals surface area contributed by atoms with E-state index in [9.17, 15) is 0 Å². The fraction of sp³-hybridized carbons (Fsp3) is 0.467. The first kappa shape index (κ1) is 12.3. The maximum absolute atomic E-state index is 5.90. The van der Waals surface area contributed by atoms with Crippen molar-refractivity contribution in [3.63, 3.8) is 0 Å². The van der Waals surface area contributed by atoms with Gasteiger partial charge in [0.05, 0.1) is 24.7 Å². The van der Waals surface area contributed by atoms with E-state index in [1.54, 1.807) is 0 Å². The van der Waals surface area contributed by atoms with Crippen molar-refractivity contribution in [2.45, 2.75) is 18.1 Å². The summed E-state index contributed by atoms with van der Waals surface area (Å²) >= 11 is 5.21. The van der Waals surface area contributed by atoms with Gasteiger partial charge in [0.2, 0.25) is 0 Å². The third-order valence-electron chi connectivity index (χ3n) is 4.72. The SMILES string of the molecule is NC(=S)C1=NCC2C3C=CCN3CC3C=CC=CC3N12. The average molecular weight is 286 g/mol. The van der Waals surface area contributed by atoms with Gasteiger partial charge in [0, 0.05) is 19.0 Å². The first-order valence-electron chi connectivity index (χ1n) is 7.14. The number of hydrogen-bond acceptors (Lipinski definition) is 4. The zero-order valence-corrected chi connectivity index (χ0v) is 12.0. The molecule has 3 heterocycles. The van der Waals surface area contributed by atoms with Crippen LogP contribution in [0.4, 0.5) is 0 Å². The Morgan fingerprint density at radius 1 is 1.25 bits per heavy atom. The van der Waals surface area contributed by atoms with Gasteiger partial charge in [-0.2, -0.15) is 0 Å². The van der Waals surface area contributed by atoms with Gasteiger partial charge >= 0.3 is 0 Å². The van der Waals surface area contributed by atoms with Crippen LogP contribution in [-0.4, -0.2) is 58.4 Å². The summed E-state index contributed by atoms with van der Waals surface area (Å²) in [6, 6.07) is 1.11. The van der Waals surface area contributed by atoms with Crippen LogP contribution in [0.1, 0.15) is 0 Å². The lowest BCUT2D eigenvalue weighted by molar-refractivity contribution is 0.220. The van der Waals surface area contributed by atoms with Crippen molar-refractivity contribution in [2.75, 3.05) is 19.6 Å². The lowest BCUT2D eigenvalue weighted by Crippen LogP contribution is -2.52. The Labute approximate surface area is 124 Å². The van der Waals surface area contributed by atoms with E-state index >= 15 is 0 Å². The monoisotopic (exact) mass is 286 g/mol. The van der Waals surface area contributed by atoms with Crippen molar-refractivity contribution in [2.24, 2.45) is 16.6 Å². The summed E-state index contributed by atoms with van der Waals surface area (Å²) in [6.45, 7) is 2.91. The van der Waals surface area contributed by atoms with E-state index < -0.39 is 0 Å². The highest BCUT2D eigenvalue weighted by molar-refractivity contribution is 7.82. The highest BCUT2D eigenvalue weighted by atomic mass is 32.1. The summed E-state index contributed by atoms with van der Waals surface area (Å²) < 4.78 is 0. The normalized spacial score (nSPS) is 38.2. The quantitative estimate of drug-likeness (QED) is 0.570. The maximum atomic E-state index is 5.90. The van der Waals surface area contributed by atoms with E-state index in [1.807, 2.05) is 0 Å². The van der Waals surface area contributed by atoms with E-state index in [0.717, 1.165) is 25.5 Å². The van der Waals surface area contributed by atoms with Crippen LogP contribution in [0.5, 0.6) is 0 Å². The molecule has 0 spiro atoms. The molecule has 0 aromatic heterocycles. The predicted molar refractivity (Wildman–Crippen MR) is 84.8 cm³/mol. The molecule has 3 aliphatic heterocycles. The molecule has 0 aromatic rings. The zero-order valence-electron chi connectivity index (χ0n) is 11.2. The molecule has 0 amide bonds. The van der Waals surface area contributed by atoms with Crippen LogP contribution in [0.2, 0.25) is 0 Å². The predicted octanol–water partition coefficient (Wildman–Crippen LogP) is 0.720. The molecule has 2 N–H and O–H groups in total. The summed E-state index contributed by atoms with van der Waals surface area (Å²) in [5.41, 5.74) is 5.90. The molecule has 1 aliphatic carbocycles. The van der Waals surface area contributed by atoms with Gasteiger partial charge in [-0.15, -0.1) is 0 Å². The average Bonchev–Trinajstić information content (AvgIpc) is 3.03. The summed E-state index contributed by atoms with van der Waals surface area (Å²) in [5.74, 6) is 1.30. The molecule has 4 nitrogen and oxygen atoms in total. The highest BCUT2D eigenvalue weighted by Gasteiger charge is 2.46. The third kappa shape index (κ3) is 1.70. The van der Waals surface area contributed by atoms with Crippen molar-refractivity contribution in [3.8, 4) is 0 Å². The molecule has 104 valence electrons. The van der Waals surface area contributed by atoms with Crippen LogP contribution >= 0.6 is 12.2 Å². The fourth-order valence-electron chi connectivity index (χ4n) is 3.87. The number of fused-ring (bicyclic) bond motifs is 5. The number of amidine groups is 1. The maximum Gasteiger partial charge on any atom is 0.159 e. The molecule has 4 atom stereocenters. The molecule has 4 rings (SSSR count). The van der Waals surface area contributed by atoms with Gasteiger partial charge in [0.25, 0.3) is 0 Å². The Morgan fingerprint density at radius 2 is 2.10 bits per heavy atom. The summed E-state index contributed by atoms with van der Waals surface area (Å²) in [4.78, 5) is 9.97. The van der Waals surface area contributed by atoms with Crippen LogP contribution in [-0.2, 0) is 0 Å². The van der Waals surface area contributed by atoms with Crippen LogP contribution in [0.25, 0.3) is 0 Å². The molecule has 0 bridgehead atoms. The van der Waals surface area contributed by atoms with E-state index in [4.69, 9.17) is 18.0 Å². The number of allylic oxidation sites excluding steroid dienone is 2. The van der Waals surface area contributed by atoms with E-state index in [-0.39, 0.29) is 0 Å². The Balaban J connectivity index is 1.77. The van der Waals surface area contributed by atoms with Gasteiger partial charge in [0.15, 0.2) is 5.84 Å². The molecule has 4 aliphatic rings. The van der Waals surface area contributed by atoms with Crippen LogP contribution < -0.4 is 5.73 Å². The second-order valence-corrected chi connectivity index (χ2v) is 6.24. The van der Waals surface area contributed by atoms with Gasteiger partial charge in [-0.3, -0.25) is 9.89 Å². The first-order chi connectivity index (χ1) is 9.75. The minimum Gasteiger partial charge on any atom is -0.387 e. The van der Waals surface area contributed by atoms with Crippen molar-refractivity contribution in [1.82, 2.24) is 9.80 Å². The Hall–Kier alpha value is -1.46. The number of thiocarbonyl (C=S) groups is 1. The lowest BCUT2D eigenvalue weighted by Gasteiger charge is -2.36. The van der Waals surface area contributed by atoms with Gasteiger partial charge in [0.1, 0.15) is 4.99 Å². The van der Waals surface area contributed by atoms with Crippen LogP contribution in [0, 0.1) is 5.92 Å². The van der Waals surface area contributed by atoms with Crippen molar-refractivity contribution in [1.29, 1.82) is 0 Å². The Morgan fingerprint density at radius 3 is 2.95 bits per heavy atom. The second-order valence-electron chi connectivity index (χ2n) is 5.80. The molecule has 0 aromatic carbocycles. The third-order valence-corrected chi connectivity index (χ3v) is 4.90. The molecular weight excluding hydrogens is 268 g/mol. The van der Waals surface area contributed by atoms with E-state index in [1.165, 1.54) is 0 Å². The standard InChI is InChI=1S/C15H18N4S/c16-14(20)15-17-8-13-12-6-3-7-18(12)9-10-4-1-2-5-11(10)19(13)15/h1-6,10-13H,7-9H2,(H2,16,20). The smallest absolute Gasteiger partial charge is 0.159 e. The van der Waals surface area contributed by atoms with Crippen LogP contribution in [0.15, 0.2) is 41.4 Å². The minimum atomic E-state index is 0.326. The summed E-state index contributed by atoms with van der Waals surface area (Å²) in [7, 11) is 0. The number of hydrogen-bond donors (Lipinski definition) is 1. The van der Waals surface area contributed by atoms with Crippen molar-refractivity contribution >= 4 is 23.0 Å². The van der Waals surface area contributed by atoms with Gasteiger partial charge in [-0.25, -0.2) is 0 Å². The molecule has 1 saturated heterocycles. The largest absolute Gasteiger partial charge is 0.387 e. The first-order valence-corrected chi connectivity index (χ1v) is 7.55. The minimum absolute atomic E-state index is 0.326. The molecule has 0 saturated carbocycles. The number of aliphatic imine (C=N–C) groups is 1. The summed E-state index contributed by atoms with van der Waals surface area (Å²) in [5, 5.41) is 0. The summed E-state index contributed by atoms with van der Waals surface area (Å²) in [6.07, 6.45) is 13.4. The molecule has 5 heteroatoms. The Bertz CT molecular complexity index is 562. The zero-order chi connectivity index (χ0) is 13.7. The van der Waals surface area contributed by atoms with Crippen molar-refractivity contribution in [3.05, 3.63) is 36.5 Å². The van der Waals surface area contributed by atoms with Crippen LogP contribution in [0.3, 0.4) is 0 Å². The van der Waals surface area contributed by atoms with Gasteiger partial charge in [-0.1, -0.05) is 48.7 Å². The molecule has 20 heavy (non-hydrogen) atoms. The van der Waals surface area contributed by atoms with Crippen molar-refractivity contribution < 1.29 is 0 Å². The molecule has 4 unspecified atom stereocenters. The number of rotatable bonds is 1. The molecule has 0 radical (unpaired) electrons. The Kier molecular flexibility index (Phi) is 2.79. The van der Waals surface area contributed by atoms with E-state index in [2.05, 4.69) is 51.2 Å². The lowest BCUT2D eigenvalue weighted by atomic mass is 9.93. The molecular formula is C15H18N4S. The highest BCUT2D eigenvalue weighted by Crippen LogP contribution is 2.34. The fourth-order valence-corrected chi connectivity index (χ4v) is 4.04. The number of nitrogens with two attached hydrogens (primary N) is 1. The molecule has 1 fully saturated rings. The number of nitrogens with zero attached hydrogens (tertiary/aromatic N) is 3.